The van der Waals surface area contributed by atoms with Crippen molar-refractivity contribution < 1.29 is 22.8 Å². The molecule has 0 saturated carbocycles. The lowest BCUT2D eigenvalue weighted by Crippen LogP contribution is -2.50. The van der Waals surface area contributed by atoms with Crippen molar-refractivity contribution in [2.45, 2.75) is 26.3 Å². The van der Waals surface area contributed by atoms with E-state index in [4.69, 9.17) is 0 Å². The highest BCUT2D eigenvalue weighted by Crippen LogP contribution is 2.25. The second-order valence-electron chi connectivity index (χ2n) is 8.12. The zero-order valence-corrected chi connectivity index (χ0v) is 17.5. The Kier molecular flexibility index (Phi) is 7.20. The summed E-state index contributed by atoms with van der Waals surface area (Å²) in [5.74, 6) is -3.47. The molecule has 31 heavy (non-hydrogen) atoms. The first kappa shape index (κ1) is 22.7. The van der Waals surface area contributed by atoms with Crippen LogP contribution in [0.3, 0.4) is 0 Å². The van der Waals surface area contributed by atoms with E-state index in [1.54, 1.807) is 19.9 Å². The first-order valence-corrected chi connectivity index (χ1v) is 10.3. The molecule has 0 aromatic heterocycles. The first-order chi connectivity index (χ1) is 14.8. The molecule has 2 N–H and O–H groups in total. The number of hydrogen-bond donors (Lipinski definition) is 2. The summed E-state index contributed by atoms with van der Waals surface area (Å²) in [6, 6.07) is 8.60. The standard InChI is InChI=1S/C23H26F3N3O2/c1-14(2)21(28-22(30)17-5-3-4-6-18(17)24)23(31)27-12-15-9-10-29(13-15)16-7-8-19(25)20(26)11-16/h3-8,11,14-15,21H,9-10,12-13H2,1-2H3,(H,27,31)(H,28,30). The van der Waals surface area contributed by atoms with Gasteiger partial charge >= 0.3 is 0 Å². The van der Waals surface area contributed by atoms with Crippen LogP contribution in [0.5, 0.6) is 0 Å². The summed E-state index contributed by atoms with van der Waals surface area (Å²) < 4.78 is 40.5. The number of hydrogen-bond acceptors (Lipinski definition) is 3. The maximum atomic E-state index is 13.9. The van der Waals surface area contributed by atoms with Crippen molar-refractivity contribution in [3.8, 4) is 0 Å². The molecule has 2 aromatic carbocycles. The second kappa shape index (κ2) is 9.85. The lowest BCUT2D eigenvalue weighted by molar-refractivity contribution is -0.124. The molecular formula is C23H26F3N3O2. The van der Waals surface area contributed by atoms with Gasteiger partial charge in [-0.15, -0.1) is 0 Å². The van der Waals surface area contributed by atoms with Gasteiger partial charge in [0, 0.05) is 31.4 Å². The van der Waals surface area contributed by atoms with Crippen LogP contribution in [0.15, 0.2) is 42.5 Å². The number of nitrogens with one attached hydrogen (secondary N) is 2. The molecule has 1 fully saturated rings. The third kappa shape index (κ3) is 5.57. The van der Waals surface area contributed by atoms with Crippen molar-refractivity contribution in [2.75, 3.05) is 24.5 Å². The summed E-state index contributed by atoms with van der Waals surface area (Å²) in [6.45, 7) is 5.25. The number of nitrogens with zero attached hydrogens (tertiary/aromatic N) is 1. The van der Waals surface area contributed by atoms with Crippen molar-refractivity contribution in [3.63, 3.8) is 0 Å². The Balaban J connectivity index is 1.55. The Morgan fingerprint density at radius 1 is 1.06 bits per heavy atom. The summed E-state index contributed by atoms with van der Waals surface area (Å²) in [6.07, 6.45) is 0.785. The van der Waals surface area contributed by atoms with Crippen molar-refractivity contribution in [1.82, 2.24) is 10.6 Å². The minimum atomic E-state index is -0.889. The van der Waals surface area contributed by atoms with Gasteiger partial charge in [0.1, 0.15) is 11.9 Å². The van der Waals surface area contributed by atoms with Crippen LogP contribution in [-0.2, 0) is 4.79 Å². The van der Waals surface area contributed by atoms with Crippen LogP contribution in [0.1, 0.15) is 30.6 Å². The molecule has 2 unspecified atom stereocenters. The molecule has 1 heterocycles. The van der Waals surface area contributed by atoms with Crippen LogP contribution in [0.4, 0.5) is 18.9 Å². The van der Waals surface area contributed by atoms with E-state index in [1.165, 1.54) is 30.3 Å². The van der Waals surface area contributed by atoms with Crippen molar-refractivity contribution in [2.24, 2.45) is 11.8 Å². The van der Waals surface area contributed by atoms with E-state index in [-0.39, 0.29) is 23.3 Å². The summed E-state index contributed by atoms with van der Waals surface area (Å²) in [5.41, 5.74) is 0.490. The van der Waals surface area contributed by atoms with E-state index in [2.05, 4.69) is 10.6 Å². The van der Waals surface area contributed by atoms with Gasteiger partial charge in [-0.3, -0.25) is 9.59 Å². The monoisotopic (exact) mass is 433 g/mol. The first-order valence-electron chi connectivity index (χ1n) is 10.3. The zero-order chi connectivity index (χ0) is 22.5. The van der Waals surface area contributed by atoms with E-state index >= 15 is 0 Å². The zero-order valence-electron chi connectivity index (χ0n) is 17.5. The molecule has 0 spiro atoms. The number of rotatable bonds is 7. The number of halogens is 3. The quantitative estimate of drug-likeness (QED) is 0.703. The second-order valence-corrected chi connectivity index (χ2v) is 8.12. The number of carbonyl (C=O) groups is 2. The minimum absolute atomic E-state index is 0.112. The van der Waals surface area contributed by atoms with Gasteiger partial charge < -0.3 is 15.5 Å². The lowest BCUT2D eigenvalue weighted by Gasteiger charge is -2.23. The van der Waals surface area contributed by atoms with Gasteiger partial charge in [-0.2, -0.15) is 0 Å². The fourth-order valence-corrected chi connectivity index (χ4v) is 3.67. The highest BCUT2D eigenvalue weighted by molar-refractivity contribution is 5.97. The molecule has 0 bridgehead atoms. The Morgan fingerprint density at radius 2 is 1.81 bits per heavy atom. The van der Waals surface area contributed by atoms with Crippen molar-refractivity contribution in [3.05, 3.63) is 65.5 Å². The van der Waals surface area contributed by atoms with Gasteiger partial charge in [0.15, 0.2) is 11.6 Å². The summed E-state index contributed by atoms with van der Waals surface area (Å²) in [7, 11) is 0. The normalized spacial score (nSPS) is 17.0. The van der Waals surface area contributed by atoms with Gasteiger partial charge in [0.05, 0.1) is 5.56 Å². The molecule has 1 saturated heterocycles. The highest BCUT2D eigenvalue weighted by atomic mass is 19.2. The summed E-state index contributed by atoms with van der Waals surface area (Å²) >= 11 is 0. The van der Waals surface area contributed by atoms with Gasteiger partial charge in [-0.1, -0.05) is 26.0 Å². The number of benzene rings is 2. The molecule has 166 valence electrons. The fourth-order valence-electron chi connectivity index (χ4n) is 3.67. The summed E-state index contributed by atoms with van der Waals surface area (Å²) in [5, 5.41) is 5.48. The molecule has 1 aliphatic heterocycles. The molecule has 5 nitrogen and oxygen atoms in total. The van der Waals surface area contributed by atoms with E-state index in [9.17, 15) is 22.8 Å². The van der Waals surface area contributed by atoms with Crippen LogP contribution in [-0.4, -0.2) is 37.5 Å². The van der Waals surface area contributed by atoms with Gasteiger partial charge in [0.25, 0.3) is 5.91 Å². The number of carbonyl (C=O) groups excluding carboxylic acids is 2. The fraction of sp³-hybridized carbons (Fsp3) is 0.391. The third-order valence-corrected chi connectivity index (χ3v) is 5.47. The van der Waals surface area contributed by atoms with Crippen molar-refractivity contribution >= 4 is 17.5 Å². The molecule has 2 aromatic rings. The van der Waals surface area contributed by atoms with Crippen LogP contribution >= 0.6 is 0 Å². The molecule has 3 rings (SSSR count). The molecule has 8 heteroatoms. The van der Waals surface area contributed by atoms with E-state index in [0.717, 1.165) is 12.5 Å². The smallest absolute Gasteiger partial charge is 0.254 e. The molecule has 2 amide bonds. The molecule has 0 aliphatic carbocycles. The third-order valence-electron chi connectivity index (χ3n) is 5.47. The average molecular weight is 433 g/mol. The number of amides is 2. The Bertz CT molecular complexity index is 951. The summed E-state index contributed by atoms with van der Waals surface area (Å²) in [4.78, 5) is 27.0. The maximum Gasteiger partial charge on any atom is 0.254 e. The molecule has 2 atom stereocenters. The minimum Gasteiger partial charge on any atom is -0.371 e. The largest absolute Gasteiger partial charge is 0.371 e. The highest BCUT2D eigenvalue weighted by Gasteiger charge is 2.28. The van der Waals surface area contributed by atoms with E-state index < -0.39 is 29.4 Å². The van der Waals surface area contributed by atoms with Crippen LogP contribution in [0, 0.1) is 29.3 Å². The number of anilines is 1. The Morgan fingerprint density at radius 3 is 2.48 bits per heavy atom. The topological polar surface area (TPSA) is 61.4 Å². The van der Waals surface area contributed by atoms with Crippen LogP contribution in [0.25, 0.3) is 0 Å². The molecule has 1 aliphatic rings. The predicted octanol–water partition coefficient (Wildman–Crippen LogP) is 3.50. The van der Waals surface area contributed by atoms with Gasteiger partial charge in [-0.05, 0) is 42.5 Å². The van der Waals surface area contributed by atoms with Gasteiger partial charge in [-0.25, -0.2) is 13.2 Å². The SMILES string of the molecule is CC(C)C(NC(=O)c1ccccc1F)C(=O)NCC1CCN(c2ccc(F)c(F)c2)C1. The molecule has 0 radical (unpaired) electrons. The Labute approximate surface area is 179 Å². The average Bonchev–Trinajstić information content (AvgIpc) is 3.21. The van der Waals surface area contributed by atoms with Crippen molar-refractivity contribution in [1.29, 1.82) is 0 Å². The van der Waals surface area contributed by atoms with Gasteiger partial charge in [0.2, 0.25) is 5.91 Å². The predicted molar refractivity (Wildman–Crippen MR) is 112 cm³/mol. The lowest BCUT2D eigenvalue weighted by atomic mass is 10.0. The van der Waals surface area contributed by atoms with Crippen LogP contribution in [0.2, 0.25) is 0 Å². The molecular weight excluding hydrogens is 407 g/mol. The van der Waals surface area contributed by atoms with Crippen LogP contribution < -0.4 is 15.5 Å². The van der Waals surface area contributed by atoms with E-state index in [0.29, 0.717) is 25.3 Å². The van der Waals surface area contributed by atoms with E-state index in [1.807, 2.05) is 4.90 Å². The Hall–Kier alpha value is -3.03. The maximum absolute atomic E-state index is 13.9.